The van der Waals surface area contributed by atoms with Gasteiger partial charge in [0.2, 0.25) is 5.91 Å². The van der Waals surface area contributed by atoms with E-state index < -0.39 is 0 Å². The first kappa shape index (κ1) is 17.5. The van der Waals surface area contributed by atoms with E-state index in [0.717, 1.165) is 37.2 Å². The lowest BCUT2D eigenvalue weighted by Gasteiger charge is -2.24. The van der Waals surface area contributed by atoms with Gasteiger partial charge in [-0.25, -0.2) is 0 Å². The van der Waals surface area contributed by atoms with Crippen LogP contribution in [-0.2, 0) is 11.3 Å². The summed E-state index contributed by atoms with van der Waals surface area (Å²) in [5, 5.41) is 0. The zero-order valence-electron chi connectivity index (χ0n) is 13.8. The molecule has 0 atom stereocenters. The quantitative estimate of drug-likeness (QED) is 0.701. The number of carbonyl (C=O) groups excluding carboxylic acids is 1. The molecule has 0 aromatic heterocycles. The second-order valence-corrected chi connectivity index (χ2v) is 5.32. The van der Waals surface area contributed by atoms with Crippen LogP contribution < -0.4 is 4.74 Å². The predicted octanol–water partition coefficient (Wildman–Crippen LogP) is 2.78. The Bertz CT molecular complexity index is 435. The van der Waals surface area contributed by atoms with Crippen molar-refractivity contribution in [1.82, 2.24) is 9.80 Å². The van der Waals surface area contributed by atoms with E-state index in [4.69, 9.17) is 4.74 Å². The van der Waals surface area contributed by atoms with Gasteiger partial charge >= 0.3 is 0 Å². The normalized spacial score (nSPS) is 10.7. The van der Waals surface area contributed by atoms with E-state index in [1.807, 2.05) is 31.3 Å². The number of rotatable bonds is 9. The molecule has 1 aromatic carbocycles. The van der Waals surface area contributed by atoms with Crippen molar-refractivity contribution in [2.75, 3.05) is 33.8 Å². The van der Waals surface area contributed by atoms with Gasteiger partial charge in [-0.3, -0.25) is 9.69 Å². The summed E-state index contributed by atoms with van der Waals surface area (Å²) in [4.78, 5) is 16.3. The smallest absolute Gasteiger partial charge is 0.236 e. The first-order valence-corrected chi connectivity index (χ1v) is 7.69. The van der Waals surface area contributed by atoms with Crippen molar-refractivity contribution in [2.24, 2.45) is 0 Å². The number of likely N-dealkylation sites (N-methyl/N-ethyl adjacent to an activating group) is 2. The zero-order valence-corrected chi connectivity index (χ0v) is 13.8. The minimum absolute atomic E-state index is 0.163. The molecule has 0 radical (unpaired) electrons. The number of hydrogen-bond donors (Lipinski definition) is 0. The summed E-state index contributed by atoms with van der Waals surface area (Å²) in [5.74, 6) is 0.988. The van der Waals surface area contributed by atoms with Crippen LogP contribution in [0.4, 0.5) is 0 Å². The van der Waals surface area contributed by atoms with Crippen LogP contribution in [0.1, 0.15) is 32.3 Å². The Balaban J connectivity index is 2.53. The lowest BCUT2D eigenvalue weighted by Crippen LogP contribution is -2.38. The Morgan fingerprint density at radius 3 is 2.67 bits per heavy atom. The lowest BCUT2D eigenvalue weighted by atomic mass is 10.2. The SMILES string of the molecule is CCCCN(CC)CC(=O)N(C)Cc1cccc(OC)c1. The summed E-state index contributed by atoms with van der Waals surface area (Å²) in [7, 11) is 3.51. The van der Waals surface area contributed by atoms with Gasteiger partial charge in [0.05, 0.1) is 13.7 Å². The van der Waals surface area contributed by atoms with Crippen LogP contribution in [0.2, 0.25) is 0 Å². The first-order valence-electron chi connectivity index (χ1n) is 7.69. The second-order valence-electron chi connectivity index (χ2n) is 5.32. The Kier molecular flexibility index (Phi) is 7.83. The van der Waals surface area contributed by atoms with Crippen molar-refractivity contribution in [3.05, 3.63) is 29.8 Å². The molecule has 0 heterocycles. The van der Waals surface area contributed by atoms with Gasteiger partial charge in [-0.2, -0.15) is 0 Å². The summed E-state index contributed by atoms with van der Waals surface area (Å²) < 4.78 is 5.21. The van der Waals surface area contributed by atoms with Crippen LogP contribution in [0.15, 0.2) is 24.3 Å². The van der Waals surface area contributed by atoms with Gasteiger partial charge in [-0.1, -0.05) is 32.4 Å². The third kappa shape index (κ3) is 6.17. The van der Waals surface area contributed by atoms with Crippen molar-refractivity contribution in [3.63, 3.8) is 0 Å². The van der Waals surface area contributed by atoms with Gasteiger partial charge < -0.3 is 9.64 Å². The molecule has 1 aromatic rings. The Hall–Kier alpha value is -1.55. The zero-order chi connectivity index (χ0) is 15.7. The molecule has 1 rings (SSSR count). The standard InChI is InChI=1S/C17H28N2O2/c1-5-7-11-19(6-2)14-17(20)18(3)13-15-9-8-10-16(12-15)21-4/h8-10,12H,5-7,11,13-14H2,1-4H3. The van der Waals surface area contributed by atoms with E-state index in [0.29, 0.717) is 13.1 Å². The lowest BCUT2D eigenvalue weighted by molar-refractivity contribution is -0.131. The topological polar surface area (TPSA) is 32.8 Å². The van der Waals surface area contributed by atoms with Crippen LogP contribution >= 0.6 is 0 Å². The molecular weight excluding hydrogens is 264 g/mol. The molecule has 0 fully saturated rings. The van der Waals surface area contributed by atoms with Gasteiger partial charge in [0, 0.05) is 13.6 Å². The fourth-order valence-electron chi connectivity index (χ4n) is 2.18. The number of ether oxygens (including phenoxy) is 1. The van der Waals surface area contributed by atoms with E-state index in [1.54, 1.807) is 12.0 Å². The molecule has 118 valence electrons. The van der Waals surface area contributed by atoms with E-state index in [2.05, 4.69) is 18.7 Å². The fraction of sp³-hybridized carbons (Fsp3) is 0.588. The number of amides is 1. The minimum atomic E-state index is 0.163. The minimum Gasteiger partial charge on any atom is -0.497 e. The van der Waals surface area contributed by atoms with Crippen molar-refractivity contribution in [3.8, 4) is 5.75 Å². The van der Waals surface area contributed by atoms with Crippen LogP contribution in [0.3, 0.4) is 0 Å². The number of carbonyl (C=O) groups is 1. The van der Waals surface area contributed by atoms with Crippen LogP contribution in [0, 0.1) is 0 Å². The maximum absolute atomic E-state index is 12.3. The number of unbranched alkanes of at least 4 members (excludes halogenated alkanes) is 1. The molecule has 0 saturated heterocycles. The highest BCUT2D eigenvalue weighted by Gasteiger charge is 2.13. The van der Waals surface area contributed by atoms with E-state index in [-0.39, 0.29) is 5.91 Å². The fourth-order valence-corrected chi connectivity index (χ4v) is 2.18. The van der Waals surface area contributed by atoms with E-state index in [1.165, 1.54) is 0 Å². The Morgan fingerprint density at radius 1 is 1.29 bits per heavy atom. The average molecular weight is 292 g/mol. The third-order valence-electron chi connectivity index (χ3n) is 3.61. The monoisotopic (exact) mass is 292 g/mol. The summed E-state index contributed by atoms with van der Waals surface area (Å²) in [5.41, 5.74) is 1.09. The second kappa shape index (κ2) is 9.40. The van der Waals surface area contributed by atoms with E-state index in [9.17, 15) is 4.79 Å². The Labute approximate surface area is 128 Å². The van der Waals surface area contributed by atoms with Crippen LogP contribution in [0.25, 0.3) is 0 Å². The summed E-state index contributed by atoms with van der Waals surface area (Å²) in [6.45, 7) is 7.29. The number of hydrogen-bond acceptors (Lipinski definition) is 3. The third-order valence-corrected chi connectivity index (χ3v) is 3.61. The molecule has 0 unspecified atom stereocenters. The van der Waals surface area contributed by atoms with Crippen LogP contribution in [0.5, 0.6) is 5.75 Å². The van der Waals surface area contributed by atoms with Gasteiger partial charge in [0.1, 0.15) is 5.75 Å². The Morgan fingerprint density at radius 2 is 2.05 bits per heavy atom. The molecule has 4 nitrogen and oxygen atoms in total. The number of methoxy groups -OCH3 is 1. The summed E-state index contributed by atoms with van der Waals surface area (Å²) in [6.07, 6.45) is 2.30. The highest BCUT2D eigenvalue weighted by atomic mass is 16.5. The molecule has 0 aliphatic rings. The first-order chi connectivity index (χ1) is 10.1. The molecule has 4 heteroatoms. The summed E-state index contributed by atoms with van der Waals surface area (Å²) >= 11 is 0. The molecule has 0 saturated carbocycles. The van der Waals surface area contributed by atoms with E-state index >= 15 is 0 Å². The molecule has 0 spiro atoms. The van der Waals surface area contributed by atoms with Crippen molar-refractivity contribution in [1.29, 1.82) is 0 Å². The van der Waals surface area contributed by atoms with Crippen molar-refractivity contribution >= 4 is 5.91 Å². The highest BCUT2D eigenvalue weighted by molar-refractivity contribution is 5.78. The van der Waals surface area contributed by atoms with Gasteiger partial charge in [-0.05, 0) is 37.2 Å². The summed E-state index contributed by atoms with van der Waals surface area (Å²) in [6, 6.07) is 7.85. The molecule has 21 heavy (non-hydrogen) atoms. The molecular formula is C17H28N2O2. The van der Waals surface area contributed by atoms with Crippen molar-refractivity contribution in [2.45, 2.75) is 33.2 Å². The van der Waals surface area contributed by atoms with Crippen molar-refractivity contribution < 1.29 is 9.53 Å². The molecule has 0 bridgehead atoms. The predicted molar refractivity (Wildman–Crippen MR) is 86.5 cm³/mol. The van der Waals surface area contributed by atoms with Gasteiger partial charge in [-0.15, -0.1) is 0 Å². The number of benzene rings is 1. The number of nitrogens with zero attached hydrogens (tertiary/aromatic N) is 2. The largest absolute Gasteiger partial charge is 0.497 e. The maximum Gasteiger partial charge on any atom is 0.236 e. The highest BCUT2D eigenvalue weighted by Crippen LogP contribution is 2.14. The van der Waals surface area contributed by atoms with Crippen LogP contribution in [-0.4, -0.2) is 49.5 Å². The molecule has 0 N–H and O–H groups in total. The average Bonchev–Trinajstić information content (AvgIpc) is 2.51. The maximum atomic E-state index is 12.3. The molecule has 1 amide bonds. The molecule has 0 aliphatic carbocycles. The van der Waals surface area contributed by atoms with Gasteiger partial charge in [0.25, 0.3) is 0 Å². The van der Waals surface area contributed by atoms with Gasteiger partial charge in [0.15, 0.2) is 0 Å². The molecule has 0 aliphatic heterocycles.